The maximum atomic E-state index is 12.2. The van der Waals surface area contributed by atoms with Crippen LogP contribution in [-0.2, 0) is 6.54 Å². The van der Waals surface area contributed by atoms with Gasteiger partial charge in [-0.25, -0.2) is 4.99 Å². The van der Waals surface area contributed by atoms with Gasteiger partial charge in [0.15, 0.2) is 5.96 Å². The lowest BCUT2D eigenvalue weighted by molar-refractivity contribution is -0.142. The summed E-state index contributed by atoms with van der Waals surface area (Å²) < 4.78 is 36.7. The van der Waals surface area contributed by atoms with Gasteiger partial charge in [-0.15, -0.1) is 11.3 Å². The molecule has 1 aromatic heterocycles. The highest BCUT2D eigenvalue weighted by atomic mass is 32.1. The molecule has 0 aliphatic rings. The molecule has 126 valence electrons. The first-order valence-corrected chi connectivity index (χ1v) is 7.94. The number of likely N-dealkylation sites (N-methyl/N-ethyl adjacent to an activating group) is 1. The number of aryl methyl sites for hydroxylation is 1. The fourth-order valence-electron chi connectivity index (χ4n) is 1.82. The topological polar surface area (TPSA) is 39.7 Å². The van der Waals surface area contributed by atoms with Gasteiger partial charge >= 0.3 is 6.18 Å². The van der Waals surface area contributed by atoms with Crippen LogP contribution in [0.4, 0.5) is 13.2 Å². The Hall–Kier alpha value is -1.28. The molecule has 1 aromatic rings. The summed E-state index contributed by atoms with van der Waals surface area (Å²) in [5, 5.41) is 6.13. The molecule has 0 saturated heterocycles. The third kappa shape index (κ3) is 8.23. The quantitative estimate of drug-likeness (QED) is 0.594. The number of hydrogen-bond acceptors (Lipinski definition) is 3. The van der Waals surface area contributed by atoms with Crippen molar-refractivity contribution >= 4 is 17.3 Å². The maximum absolute atomic E-state index is 12.2. The molecule has 0 saturated carbocycles. The molecule has 22 heavy (non-hydrogen) atoms. The number of hydrogen-bond donors (Lipinski definition) is 2. The Morgan fingerprint density at radius 1 is 1.32 bits per heavy atom. The van der Waals surface area contributed by atoms with Crippen molar-refractivity contribution in [2.45, 2.75) is 26.6 Å². The number of aliphatic imine (C=N–C) groups is 1. The Kier molecular flexibility index (Phi) is 7.67. The summed E-state index contributed by atoms with van der Waals surface area (Å²) in [6.45, 7) is 5.04. The molecule has 0 aliphatic carbocycles. The van der Waals surface area contributed by atoms with E-state index in [4.69, 9.17) is 0 Å². The molecule has 0 atom stereocenters. The van der Waals surface area contributed by atoms with Crippen LogP contribution in [0.25, 0.3) is 0 Å². The Morgan fingerprint density at radius 2 is 2.05 bits per heavy atom. The van der Waals surface area contributed by atoms with Crippen molar-refractivity contribution in [2.75, 3.05) is 33.2 Å². The number of rotatable bonds is 7. The highest BCUT2D eigenvalue weighted by Crippen LogP contribution is 2.16. The van der Waals surface area contributed by atoms with Crippen LogP contribution in [0.1, 0.15) is 16.7 Å². The lowest BCUT2D eigenvalue weighted by atomic mass is 10.4. The lowest BCUT2D eigenvalue weighted by Crippen LogP contribution is -2.42. The minimum atomic E-state index is -4.16. The Balaban J connectivity index is 2.40. The predicted molar refractivity (Wildman–Crippen MR) is 85.4 cm³/mol. The molecule has 0 unspecified atom stereocenters. The number of thiophene rings is 1. The van der Waals surface area contributed by atoms with E-state index in [1.807, 2.05) is 26.0 Å². The van der Waals surface area contributed by atoms with E-state index < -0.39 is 12.7 Å². The Morgan fingerprint density at radius 3 is 2.59 bits per heavy atom. The van der Waals surface area contributed by atoms with Crippen LogP contribution in [0.15, 0.2) is 17.1 Å². The average Bonchev–Trinajstić information content (AvgIpc) is 2.79. The third-order valence-electron chi connectivity index (χ3n) is 2.77. The smallest absolute Gasteiger partial charge is 0.357 e. The number of nitrogens with one attached hydrogen (secondary N) is 2. The molecule has 1 rings (SSSR count). The molecule has 8 heteroatoms. The molecule has 0 spiro atoms. The first kappa shape index (κ1) is 18.8. The van der Waals surface area contributed by atoms with E-state index in [2.05, 4.69) is 15.6 Å². The van der Waals surface area contributed by atoms with Crippen molar-refractivity contribution in [1.82, 2.24) is 15.5 Å². The molecule has 1 heterocycles. The van der Waals surface area contributed by atoms with E-state index >= 15 is 0 Å². The summed E-state index contributed by atoms with van der Waals surface area (Å²) in [5.74, 6) is 0.619. The van der Waals surface area contributed by atoms with Gasteiger partial charge < -0.3 is 10.6 Å². The van der Waals surface area contributed by atoms with Crippen LogP contribution < -0.4 is 10.6 Å². The molecule has 0 aromatic carbocycles. The summed E-state index contributed by atoms with van der Waals surface area (Å²) in [5.41, 5.74) is 0. The van der Waals surface area contributed by atoms with Crippen molar-refractivity contribution < 1.29 is 13.2 Å². The van der Waals surface area contributed by atoms with Gasteiger partial charge in [-0.1, -0.05) is 0 Å². The summed E-state index contributed by atoms with van der Waals surface area (Å²) in [7, 11) is 1.45. The van der Waals surface area contributed by atoms with Crippen molar-refractivity contribution in [2.24, 2.45) is 4.99 Å². The largest absolute Gasteiger partial charge is 0.401 e. The number of alkyl halides is 3. The van der Waals surface area contributed by atoms with E-state index in [-0.39, 0.29) is 0 Å². The Labute approximate surface area is 133 Å². The molecule has 0 amide bonds. The molecule has 4 nitrogen and oxygen atoms in total. The highest BCUT2D eigenvalue weighted by Gasteiger charge is 2.28. The van der Waals surface area contributed by atoms with Crippen molar-refractivity contribution in [3.05, 3.63) is 21.9 Å². The molecule has 0 bridgehead atoms. The fraction of sp³-hybridized carbons (Fsp3) is 0.643. The monoisotopic (exact) mass is 336 g/mol. The average molecular weight is 336 g/mol. The zero-order chi connectivity index (χ0) is 16.6. The second-order valence-corrected chi connectivity index (χ2v) is 6.36. The number of guanidine groups is 1. The standard InChI is InChI=1S/C14H23F3N4S/c1-4-18-13(20-9-12-6-5-11(2)22-12)19-7-8-21(3)10-14(15,16)17/h5-6H,4,7-10H2,1-3H3,(H2,18,19,20). The molecule has 0 aliphatic heterocycles. The van der Waals surface area contributed by atoms with Gasteiger partial charge in [0.05, 0.1) is 13.1 Å². The van der Waals surface area contributed by atoms with Crippen molar-refractivity contribution in [3.8, 4) is 0 Å². The van der Waals surface area contributed by atoms with E-state index in [1.165, 1.54) is 16.8 Å². The number of halogens is 3. The second kappa shape index (κ2) is 8.99. The molecule has 0 fully saturated rings. The zero-order valence-electron chi connectivity index (χ0n) is 13.1. The van der Waals surface area contributed by atoms with Crippen LogP contribution in [0.5, 0.6) is 0 Å². The fourth-order valence-corrected chi connectivity index (χ4v) is 2.63. The van der Waals surface area contributed by atoms with Crippen LogP contribution in [-0.4, -0.2) is 50.3 Å². The Bertz CT molecular complexity index is 471. The summed E-state index contributed by atoms with van der Waals surface area (Å²) in [4.78, 5) is 8.06. The number of nitrogens with zero attached hydrogens (tertiary/aromatic N) is 2. The van der Waals surface area contributed by atoms with E-state index in [1.54, 1.807) is 11.3 Å². The minimum absolute atomic E-state index is 0.294. The molecule has 0 radical (unpaired) electrons. The van der Waals surface area contributed by atoms with Gasteiger partial charge in [0.1, 0.15) is 0 Å². The van der Waals surface area contributed by atoms with Crippen LogP contribution in [0, 0.1) is 6.92 Å². The zero-order valence-corrected chi connectivity index (χ0v) is 13.9. The van der Waals surface area contributed by atoms with Gasteiger partial charge in [0.2, 0.25) is 0 Å². The molecular weight excluding hydrogens is 313 g/mol. The van der Waals surface area contributed by atoms with Gasteiger partial charge in [0.25, 0.3) is 0 Å². The van der Waals surface area contributed by atoms with E-state index in [0.29, 0.717) is 32.1 Å². The first-order chi connectivity index (χ1) is 10.3. The third-order valence-corrected chi connectivity index (χ3v) is 3.75. The second-order valence-electron chi connectivity index (χ2n) is 4.99. The van der Waals surface area contributed by atoms with Crippen molar-refractivity contribution in [1.29, 1.82) is 0 Å². The van der Waals surface area contributed by atoms with Gasteiger partial charge in [0, 0.05) is 29.4 Å². The molecule has 2 N–H and O–H groups in total. The maximum Gasteiger partial charge on any atom is 0.401 e. The normalized spacial score (nSPS) is 12.8. The van der Waals surface area contributed by atoms with Crippen LogP contribution in [0.2, 0.25) is 0 Å². The summed E-state index contributed by atoms with van der Waals surface area (Å²) in [6.07, 6.45) is -4.16. The summed E-state index contributed by atoms with van der Waals surface area (Å²) >= 11 is 1.69. The van der Waals surface area contributed by atoms with E-state index in [0.717, 1.165) is 4.88 Å². The van der Waals surface area contributed by atoms with Crippen molar-refractivity contribution in [3.63, 3.8) is 0 Å². The van der Waals surface area contributed by atoms with Gasteiger partial charge in [-0.2, -0.15) is 13.2 Å². The SMILES string of the molecule is CCNC(=NCc1ccc(C)s1)NCCN(C)CC(F)(F)F. The summed E-state index contributed by atoms with van der Waals surface area (Å²) in [6, 6.07) is 4.08. The van der Waals surface area contributed by atoms with Gasteiger partial charge in [-0.05, 0) is 33.0 Å². The van der Waals surface area contributed by atoms with Gasteiger partial charge in [-0.3, -0.25) is 4.90 Å². The van der Waals surface area contributed by atoms with E-state index in [9.17, 15) is 13.2 Å². The predicted octanol–water partition coefficient (Wildman–Crippen LogP) is 2.61. The highest BCUT2D eigenvalue weighted by molar-refractivity contribution is 7.11. The van der Waals surface area contributed by atoms with Crippen LogP contribution in [0.3, 0.4) is 0 Å². The lowest BCUT2D eigenvalue weighted by Gasteiger charge is -2.19. The first-order valence-electron chi connectivity index (χ1n) is 7.13. The van der Waals surface area contributed by atoms with Crippen LogP contribution >= 0.6 is 11.3 Å². The molecular formula is C14H23F3N4S. The minimum Gasteiger partial charge on any atom is -0.357 e.